The number of nitrogens with two attached hydrogens (primary N) is 1. The number of aliphatic hydroxyl groups excluding tert-OH is 1. The second-order valence-corrected chi connectivity index (χ2v) is 3.93. The number of hydrogen-bond acceptors (Lipinski definition) is 3. The SMILES string of the molecule is Nc1cccc(C(=O)Nc2ccc(CO)cc2)c1. The van der Waals surface area contributed by atoms with Gasteiger partial charge in [0, 0.05) is 16.9 Å². The second-order valence-electron chi connectivity index (χ2n) is 3.93. The van der Waals surface area contributed by atoms with E-state index in [2.05, 4.69) is 5.32 Å². The molecular weight excluding hydrogens is 228 g/mol. The Morgan fingerprint density at radius 1 is 1.17 bits per heavy atom. The van der Waals surface area contributed by atoms with Gasteiger partial charge >= 0.3 is 0 Å². The summed E-state index contributed by atoms with van der Waals surface area (Å²) in [5, 5.41) is 11.7. The van der Waals surface area contributed by atoms with Gasteiger partial charge in [0.1, 0.15) is 0 Å². The summed E-state index contributed by atoms with van der Waals surface area (Å²) in [5.74, 6) is -0.209. The highest BCUT2D eigenvalue weighted by Gasteiger charge is 2.05. The molecule has 0 spiro atoms. The van der Waals surface area contributed by atoms with Crippen LogP contribution < -0.4 is 11.1 Å². The van der Waals surface area contributed by atoms with Gasteiger partial charge in [0.15, 0.2) is 0 Å². The van der Waals surface area contributed by atoms with Gasteiger partial charge in [0.05, 0.1) is 6.61 Å². The van der Waals surface area contributed by atoms with Crippen molar-refractivity contribution in [2.24, 2.45) is 0 Å². The fraction of sp³-hybridized carbons (Fsp3) is 0.0714. The first-order valence-electron chi connectivity index (χ1n) is 5.56. The lowest BCUT2D eigenvalue weighted by Gasteiger charge is -2.06. The third-order valence-electron chi connectivity index (χ3n) is 2.54. The third-order valence-corrected chi connectivity index (χ3v) is 2.54. The summed E-state index contributed by atoms with van der Waals surface area (Å²) in [5.41, 5.74) is 8.17. The molecule has 0 atom stereocenters. The summed E-state index contributed by atoms with van der Waals surface area (Å²) in [6, 6.07) is 13.8. The molecule has 0 saturated carbocycles. The number of benzene rings is 2. The molecule has 2 aromatic carbocycles. The van der Waals surface area contributed by atoms with Crippen molar-refractivity contribution >= 4 is 17.3 Å². The van der Waals surface area contributed by atoms with Crippen LogP contribution in [-0.4, -0.2) is 11.0 Å². The standard InChI is InChI=1S/C14H14N2O2/c15-12-3-1-2-11(8-12)14(18)16-13-6-4-10(9-17)5-7-13/h1-8,17H,9,15H2,(H,16,18). The molecule has 0 aliphatic heterocycles. The minimum atomic E-state index is -0.209. The molecule has 4 heteroatoms. The number of carbonyl (C=O) groups excluding carboxylic acids is 1. The minimum Gasteiger partial charge on any atom is -0.399 e. The zero-order chi connectivity index (χ0) is 13.0. The van der Waals surface area contributed by atoms with Gasteiger partial charge in [0.2, 0.25) is 0 Å². The quantitative estimate of drug-likeness (QED) is 0.721. The molecule has 0 aliphatic carbocycles. The van der Waals surface area contributed by atoms with Crippen LogP contribution in [0.5, 0.6) is 0 Å². The number of carbonyl (C=O) groups is 1. The minimum absolute atomic E-state index is 0.0105. The first kappa shape index (κ1) is 12.1. The molecule has 0 unspecified atom stereocenters. The summed E-state index contributed by atoms with van der Waals surface area (Å²) in [6.07, 6.45) is 0. The van der Waals surface area contributed by atoms with E-state index in [1.165, 1.54) is 0 Å². The van der Waals surface area contributed by atoms with Gasteiger partial charge < -0.3 is 16.2 Å². The number of rotatable bonds is 3. The van der Waals surface area contributed by atoms with Crippen molar-refractivity contribution in [3.8, 4) is 0 Å². The van der Waals surface area contributed by atoms with Gasteiger partial charge in [-0.2, -0.15) is 0 Å². The highest BCUT2D eigenvalue weighted by molar-refractivity contribution is 6.04. The molecular formula is C14H14N2O2. The highest BCUT2D eigenvalue weighted by Crippen LogP contribution is 2.12. The largest absolute Gasteiger partial charge is 0.399 e. The number of anilines is 2. The zero-order valence-electron chi connectivity index (χ0n) is 9.76. The molecule has 0 aliphatic rings. The molecule has 0 fully saturated rings. The maximum absolute atomic E-state index is 11.9. The number of nitrogens with one attached hydrogen (secondary N) is 1. The average molecular weight is 242 g/mol. The number of hydrogen-bond donors (Lipinski definition) is 3. The fourth-order valence-corrected chi connectivity index (χ4v) is 1.58. The van der Waals surface area contributed by atoms with E-state index >= 15 is 0 Å². The van der Waals surface area contributed by atoms with Crippen LogP contribution >= 0.6 is 0 Å². The van der Waals surface area contributed by atoms with Crippen molar-refractivity contribution in [3.05, 3.63) is 59.7 Å². The molecule has 2 rings (SSSR count). The van der Waals surface area contributed by atoms with Gasteiger partial charge in [-0.15, -0.1) is 0 Å². The van der Waals surface area contributed by atoms with Gasteiger partial charge in [-0.05, 0) is 35.9 Å². The summed E-state index contributed by atoms with van der Waals surface area (Å²) in [4.78, 5) is 11.9. The first-order chi connectivity index (χ1) is 8.69. The molecule has 2 aromatic rings. The van der Waals surface area contributed by atoms with Crippen LogP contribution in [-0.2, 0) is 6.61 Å². The molecule has 92 valence electrons. The highest BCUT2D eigenvalue weighted by atomic mass is 16.3. The van der Waals surface area contributed by atoms with E-state index in [0.29, 0.717) is 16.9 Å². The maximum Gasteiger partial charge on any atom is 0.255 e. The Morgan fingerprint density at radius 3 is 2.50 bits per heavy atom. The van der Waals surface area contributed by atoms with E-state index in [0.717, 1.165) is 5.56 Å². The van der Waals surface area contributed by atoms with Crippen molar-refractivity contribution in [2.45, 2.75) is 6.61 Å². The maximum atomic E-state index is 11.9. The van der Waals surface area contributed by atoms with Gasteiger partial charge in [-0.3, -0.25) is 4.79 Å². The van der Waals surface area contributed by atoms with Crippen molar-refractivity contribution < 1.29 is 9.90 Å². The summed E-state index contributed by atoms with van der Waals surface area (Å²) in [7, 11) is 0. The molecule has 4 nitrogen and oxygen atoms in total. The summed E-state index contributed by atoms with van der Waals surface area (Å²) >= 11 is 0. The van der Waals surface area contributed by atoms with Crippen LogP contribution in [0.1, 0.15) is 15.9 Å². The Morgan fingerprint density at radius 2 is 1.89 bits per heavy atom. The molecule has 18 heavy (non-hydrogen) atoms. The van der Waals surface area contributed by atoms with Crippen LogP contribution in [0.3, 0.4) is 0 Å². The van der Waals surface area contributed by atoms with Crippen LogP contribution in [0.2, 0.25) is 0 Å². The topological polar surface area (TPSA) is 75.4 Å². The molecule has 4 N–H and O–H groups in total. The second kappa shape index (κ2) is 5.33. The fourth-order valence-electron chi connectivity index (χ4n) is 1.58. The van der Waals surface area contributed by atoms with Gasteiger partial charge in [-0.25, -0.2) is 0 Å². The molecule has 0 saturated heterocycles. The van der Waals surface area contributed by atoms with Crippen LogP contribution in [0.15, 0.2) is 48.5 Å². The van der Waals surface area contributed by atoms with Gasteiger partial charge in [-0.1, -0.05) is 18.2 Å². The van der Waals surface area contributed by atoms with Crippen molar-refractivity contribution in [2.75, 3.05) is 11.1 Å². The Bertz CT molecular complexity index is 550. The molecule has 0 aromatic heterocycles. The lowest BCUT2D eigenvalue weighted by molar-refractivity contribution is 0.102. The van der Waals surface area contributed by atoms with Gasteiger partial charge in [0.25, 0.3) is 5.91 Å². The summed E-state index contributed by atoms with van der Waals surface area (Å²) in [6.45, 7) is -0.0105. The van der Waals surface area contributed by atoms with Crippen LogP contribution in [0, 0.1) is 0 Å². The average Bonchev–Trinajstić information content (AvgIpc) is 2.39. The van der Waals surface area contributed by atoms with E-state index in [1.54, 1.807) is 48.5 Å². The Hall–Kier alpha value is -2.33. The van der Waals surface area contributed by atoms with Crippen molar-refractivity contribution in [3.63, 3.8) is 0 Å². The lowest BCUT2D eigenvalue weighted by atomic mass is 10.1. The van der Waals surface area contributed by atoms with Crippen molar-refractivity contribution in [1.82, 2.24) is 0 Å². The molecule has 0 heterocycles. The van der Waals surface area contributed by atoms with E-state index in [-0.39, 0.29) is 12.5 Å². The monoisotopic (exact) mass is 242 g/mol. The van der Waals surface area contributed by atoms with Crippen LogP contribution in [0.25, 0.3) is 0 Å². The predicted molar refractivity (Wildman–Crippen MR) is 71.2 cm³/mol. The third kappa shape index (κ3) is 2.87. The lowest BCUT2D eigenvalue weighted by Crippen LogP contribution is -2.12. The molecule has 0 bridgehead atoms. The number of nitrogen functional groups attached to an aromatic ring is 1. The predicted octanol–water partition coefficient (Wildman–Crippen LogP) is 2.01. The first-order valence-corrected chi connectivity index (χ1v) is 5.56. The van der Waals surface area contributed by atoms with E-state index in [4.69, 9.17) is 10.8 Å². The van der Waals surface area contributed by atoms with E-state index < -0.39 is 0 Å². The van der Waals surface area contributed by atoms with E-state index in [1.807, 2.05) is 0 Å². The number of aliphatic hydroxyl groups is 1. The van der Waals surface area contributed by atoms with E-state index in [9.17, 15) is 4.79 Å². The van der Waals surface area contributed by atoms with Crippen molar-refractivity contribution in [1.29, 1.82) is 0 Å². The molecule has 1 amide bonds. The number of amides is 1. The smallest absolute Gasteiger partial charge is 0.255 e. The summed E-state index contributed by atoms with van der Waals surface area (Å²) < 4.78 is 0. The Labute approximate surface area is 105 Å². The van der Waals surface area contributed by atoms with Crippen LogP contribution in [0.4, 0.5) is 11.4 Å². The zero-order valence-corrected chi connectivity index (χ0v) is 9.76. The Balaban J connectivity index is 2.11. The normalized spacial score (nSPS) is 10.1. The Kier molecular flexibility index (Phi) is 3.60. The molecule has 0 radical (unpaired) electrons.